The van der Waals surface area contributed by atoms with Crippen molar-refractivity contribution < 1.29 is 9.90 Å². The van der Waals surface area contributed by atoms with Crippen LogP contribution in [-0.4, -0.2) is 41.7 Å². The zero-order chi connectivity index (χ0) is 13.7. The van der Waals surface area contributed by atoms with Crippen molar-refractivity contribution >= 4 is 11.6 Å². The topological polar surface area (TPSA) is 78.6 Å². The van der Waals surface area contributed by atoms with Crippen molar-refractivity contribution in [1.29, 1.82) is 0 Å². The van der Waals surface area contributed by atoms with Crippen molar-refractivity contribution in [2.45, 2.75) is 25.5 Å². The summed E-state index contributed by atoms with van der Waals surface area (Å²) in [4.78, 5) is 14.0. The number of carbonyl (C=O) groups is 1. The van der Waals surface area contributed by atoms with Gasteiger partial charge in [0, 0.05) is 25.3 Å². The second-order valence-corrected chi connectivity index (χ2v) is 4.96. The molecule has 1 saturated heterocycles. The SMILES string of the molecule is NCc1cccc(NC(=O)CN2CCC(O)CC2)c1. The number of benzene rings is 1. The molecule has 0 aromatic heterocycles. The number of anilines is 1. The largest absolute Gasteiger partial charge is 0.393 e. The Morgan fingerprint density at radius 2 is 2.16 bits per heavy atom. The average molecular weight is 263 g/mol. The van der Waals surface area contributed by atoms with E-state index in [0.717, 1.165) is 37.2 Å². The van der Waals surface area contributed by atoms with Crippen molar-refractivity contribution in [2.24, 2.45) is 5.73 Å². The molecule has 104 valence electrons. The number of nitrogens with zero attached hydrogens (tertiary/aromatic N) is 1. The fourth-order valence-electron chi connectivity index (χ4n) is 2.26. The van der Waals surface area contributed by atoms with Crippen molar-refractivity contribution in [3.8, 4) is 0 Å². The molecule has 1 aromatic rings. The molecule has 0 bridgehead atoms. The Labute approximate surface area is 113 Å². The number of piperidine rings is 1. The second-order valence-electron chi connectivity index (χ2n) is 4.96. The summed E-state index contributed by atoms with van der Waals surface area (Å²) in [7, 11) is 0. The number of aliphatic hydroxyl groups is 1. The summed E-state index contributed by atoms with van der Waals surface area (Å²) in [5, 5.41) is 12.3. The highest BCUT2D eigenvalue weighted by Gasteiger charge is 2.18. The van der Waals surface area contributed by atoms with E-state index in [9.17, 15) is 9.90 Å². The van der Waals surface area contributed by atoms with Crippen LogP contribution in [0.1, 0.15) is 18.4 Å². The van der Waals surface area contributed by atoms with E-state index in [4.69, 9.17) is 5.73 Å². The summed E-state index contributed by atoms with van der Waals surface area (Å²) < 4.78 is 0. The normalized spacial score (nSPS) is 17.4. The lowest BCUT2D eigenvalue weighted by molar-refractivity contribution is -0.117. The van der Waals surface area contributed by atoms with Gasteiger partial charge in [0.2, 0.25) is 5.91 Å². The summed E-state index contributed by atoms with van der Waals surface area (Å²) in [5.74, 6) is -0.0226. The van der Waals surface area contributed by atoms with Crippen LogP contribution in [0.2, 0.25) is 0 Å². The minimum absolute atomic E-state index is 0.0226. The first-order valence-corrected chi connectivity index (χ1v) is 6.66. The monoisotopic (exact) mass is 263 g/mol. The third kappa shape index (κ3) is 4.31. The maximum absolute atomic E-state index is 11.9. The van der Waals surface area contributed by atoms with E-state index in [0.29, 0.717) is 13.1 Å². The van der Waals surface area contributed by atoms with E-state index in [1.807, 2.05) is 24.3 Å². The van der Waals surface area contributed by atoms with Gasteiger partial charge in [0.1, 0.15) is 0 Å². The number of nitrogens with one attached hydrogen (secondary N) is 1. The van der Waals surface area contributed by atoms with Crippen LogP contribution in [0.4, 0.5) is 5.69 Å². The number of likely N-dealkylation sites (tertiary alicyclic amines) is 1. The molecule has 2 rings (SSSR count). The van der Waals surface area contributed by atoms with Crippen molar-refractivity contribution in [3.63, 3.8) is 0 Å². The Kier molecular flexibility index (Phi) is 4.90. The van der Waals surface area contributed by atoms with Gasteiger partial charge in [-0.15, -0.1) is 0 Å². The Hall–Kier alpha value is -1.43. The van der Waals surface area contributed by atoms with Gasteiger partial charge in [0.05, 0.1) is 12.6 Å². The van der Waals surface area contributed by atoms with E-state index < -0.39 is 0 Å². The molecule has 0 atom stereocenters. The van der Waals surface area contributed by atoms with Gasteiger partial charge in [-0.3, -0.25) is 9.69 Å². The van der Waals surface area contributed by atoms with E-state index in [2.05, 4.69) is 10.2 Å². The summed E-state index contributed by atoms with van der Waals surface area (Å²) in [5.41, 5.74) is 7.35. The molecule has 19 heavy (non-hydrogen) atoms. The highest BCUT2D eigenvalue weighted by molar-refractivity contribution is 5.92. The summed E-state index contributed by atoms with van der Waals surface area (Å²) in [6, 6.07) is 7.56. The molecule has 0 saturated carbocycles. The van der Waals surface area contributed by atoms with Crippen LogP contribution in [0.25, 0.3) is 0 Å². The highest BCUT2D eigenvalue weighted by atomic mass is 16.3. The average Bonchev–Trinajstić information content (AvgIpc) is 2.41. The van der Waals surface area contributed by atoms with E-state index in [1.165, 1.54) is 0 Å². The first-order valence-electron chi connectivity index (χ1n) is 6.66. The Bertz CT molecular complexity index is 428. The van der Waals surface area contributed by atoms with E-state index in [-0.39, 0.29) is 12.0 Å². The minimum atomic E-state index is -0.208. The van der Waals surface area contributed by atoms with Crippen LogP contribution < -0.4 is 11.1 Å². The standard InChI is InChI=1S/C14H21N3O2/c15-9-11-2-1-3-12(8-11)16-14(19)10-17-6-4-13(18)5-7-17/h1-3,8,13,18H,4-7,9-10,15H2,(H,16,19). The quantitative estimate of drug-likeness (QED) is 0.741. The first-order chi connectivity index (χ1) is 9.17. The maximum atomic E-state index is 11.9. The van der Waals surface area contributed by atoms with Gasteiger partial charge in [-0.25, -0.2) is 0 Å². The Morgan fingerprint density at radius 1 is 1.42 bits per heavy atom. The molecule has 1 aliphatic rings. The van der Waals surface area contributed by atoms with Gasteiger partial charge in [0.15, 0.2) is 0 Å². The van der Waals surface area contributed by atoms with Gasteiger partial charge in [-0.1, -0.05) is 12.1 Å². The molecular weight excluding hydrogens is 242 g/mol. The van der Waals surface area contributed by atoms with Gasteiger partial charge in [-0.2, -0.15) is 0 Å². The molecule has 1 aliphatic heterocycles. The molecule has 0 radical (unpaired) electrons. The lowest BCUT2D eigenvalue weighted by Gasteiger charge is -2.28. The summed E-state index contributed by atoms with van der Waals surface area (Å²) >= 11 is 0. The molecule has 0 spiro atoms. The third-order valence-corrected chi connectivity index (χ3v) is 3.37. The van der Waals surface area contributed by atoms with Crippen LogP contribution in [0, 0.1) is 0 Å². The molecule has 0 aliphatic carbocycles. The third-order valence-electron chi connectivity index (χ3n) is 3.37. The minimum Gasteiger partial charge on any atom is -0.393 e. The maximum Gasteiger partial charge on any atom is 0.238 e. The Balaban J connectivity index is 1.83. The fourth-order valence-corrected chi connectivity index (χ4v) is 2.26. The predicted octanol–water partition coefficient (Wildman–Crippen LogP) is 0.540. The highest BCUT2D eigenvalue weighted by Crippen LogP contribution is 2.12. The number of hydrogen-bond acceptors (Lipinski definition) is 4. The molecule has 1 amide bonds. The van der Waals surface area contributed by atoms with Crippen molar-refractivity contribution in [2.75, 3.05) is 25.0 Å². The van der Waals surface area contributed by atoms with Gasteiger partial charge in [0.25, 0.3) is 0 Å². The van der Waals surface area contributed by atoms with Crippen LogP contribution in [-0.2, 0) is 11.3 Å². The number of nitrogens with two attached hydrogens (primary N) is 1. The van der Waals surface area contributed by atoms with Gasteiger partial charge in [-0.05, 0) is 30.5 Å². The molecule has 4 N–H and O–H groups in total. The number of aliphatic hydroxyl groups excluding tert-OH is 1. The molecule has 1 aromatic carbocycles. The van der Waals surface area contributed by atoms with E-state index >= 15 is 0 Å². The van der Waals surface area contributed by atoms with Gasteiger partial charge < -0.3 is 16.2 Å². The summed E-state index contributed by atoms with van der Waals surface area (Å²) in [6.07, 6.45) is 1.28. The van der Waals surface area contributed by atoms with Crippen molar-refractivity contribution in [1.82, 2.24) is 4.90 Å². The molecule has 1 fully saturated rings. The fraction of sp³-hybridized carbons (Fsp3) is 0.500. The smallest absolute Gasteiger partial charge is 0.238 e. The number of carbonyl (C=O) groups excluding carboxylic acids is 1. The zero-order valence-electron chi connectivity index (χ0n) is 11.0. The lowest BCUT2D eigenvalue weighted by atomic mass is 10.1. The number of rotatable bonds is 4. The number of amides is 1. The molecule has 1 heterocycles. The lowest BCUT2D eigenvalue weighted by Crippen LogP contribution is -2.40. The first kappa shape index (κ1) is 14.0. The molecule has 5 heteroatoms. The van der Waals surface area contributed by atoms with Crippen LogP contribution >= 0.6 is 0 Å². The second kappa shape index (κ2) is 6.65. The van der Waals surface area contributed by atoms with Gasteiger partial charge >= 0.3 is 0 Å². The van der Waals surface area contributed by atoms with Crippen LogP contribution in [0.3, 0.4) is 0 Å². The Morgan fingerprint density at radius 3 is 2.84 bits per heavy atom. The number of hydrogen-bond donors (Lipinski definition) is 3. The van der Waals surface area contributed by atoms with Crippen molar-refractivity contribution in [3.05, 3.63) is 29.8 Å². The van der Waals surface area contributed by atoms with Crippen LogP contribution in [0.5, 0.6) is 0 Å². The summed E-state index contributed by atoms with van der Waals surface area (Å²) in [6.45, 7) is 2.39. The van der Waals surface area contributed by atoms with Crippen LogP contribution in [0.15, 0.2) is 24.3 Å². The van der Waals surface area contributed by atoms with E-state index in [1.54, 1.807) is 0 Å². The predicted molar refractivity (Wildman–Crippen MR) is 74.6 cm³/mol. The molecule has 5 nitrogen and oxygen atoms in total. The molecular formula is C14H21N3O2. The zero-order valence-corrected chi connectivity index (χ0v) is 11.0. The molecule has 0 unspecified atom stereocenters.